The first-order chi connectivity index (χ1) is 8.56. The van der Waals surface area contributed by atoms with Crippen molar-refractivity contribution in [2.24, 2.45) is 0 Å². The quantitative estimate of drug-likeness (QED) is 0.850. The highest BCUT2D eigenvalue weighted by molar-refractivity contribution is 9.10. The highest BCUT2D eigenvalue weighted by Gasteiger charge is 2.08. The van der Waals surface area contributed by atoms with Gasteiger partial charge in [0.1, 0.15) is 11.6 Å². The smallest absolute Gasteiger partial charge is 0.124 e. The van der Waals surface area contributed by atoms with Crippen LogP contribution >= 0.6 is 15.9 Å². The van der Waals surface area contributed by atoms with Crippen molar-refractivity contribution in [3.05, 3.63) is 64.1 Å². The minimum atomic E-state index is -0.300. The number of benzene rings is 2. The Morgan fingerprint density at radius 2 is 1.78 bits per heavy atom. The van der Waals surface area contributed by atoms with E-state index in [2.05, 4.69) is 21.2 Å². The molecule has 0 saturated carbocycles. The Morgan fingerprint density at radius 3 is 2.44 bits per heavy atom. The van der Waals surface area contributed by atoms with E-state index in [1.165, 1.54) is 24.3 Å². The zero-order valence-electron chi connectivity index (χ0n) is 9.75. The first-order valence-electron chi connectivity index (χ1n) is 5.53. The fraction of sp³-hybridized carbons (Fsp3) is 0.143. The third-order valence-electron chi connectivity index (χ3n) is 2.65. The molecule has 0 radical (unpaired) electrons. The molecule has 0 aliphatic carbocycles. The summed E-state index contributed by atoms with van der Waals surface area (Å²) in [6, 6.07) is 10.8. The molecule has 18 heavy (non-hydrogen) atoms. The van der Waals surface area contributed by atoms with Crippen LogP contribution in [0.2, 0.25) is 0 Å². The second kappa shape index (κ2) is 5.48. The van der Waals surface area contributed by atoms with E-state index in [1.807, 2.05) is 13.0 Å². The number of halogens is 3. The van der Waals surface area contributed by atoms with Gasteiger partial charge >= 0.3 is 0 Å². The summed E-state index contributed by atoms with van der Waals surface area (Å²) in [6.45, 7) is 1.92. The molecule has 1 nitrogen and oxygen atoms in total. The molecule has 0 fully saturated rings. The van der Waals surface area contributed by atoms with Gasteiger partial charge in [0.2, 0.25) is 0 Å². The maximum absolute atomic E-state index is 13.1. The van der Waals surface area contributed by atoms with Crippen molar-refractivity contribution in [3.63, 3.8) is 0 Å². The second-order valence-corrected chi connectivity index (χ2v) is 4.90. The fourth-order valence-corrected chi connectivity index (χ4v) is 2.16. The summed E-state index contributed by atoms with van der Waals surface area (Å²) in [4.78, 5) is 0. The average Bonchev–Trinajstić information content (AvgIpc) is 2.32. The third-order valence-corrected chi connectivity index (χ3v) is 3.31. The molecular formula is C14H12BrF2N. The Bertz CT molecular complexity index is 557. The third kappa shape index (κ3) is 3.07. The summed E-state index contributed by atoms with van der Waals surface area (Å²) >= 11 is 3.29. The van der Waals surface area contributed by atoms with E-state index in [9.17, 15) is 8.78 Å². The summed E-state index contributed by atoms with van der Waals surface area (Å²) in [7, 11) is 0. The molecule has 0 bridgehead atoms. The molecule has 0 aliphatic rings. The van der Waals surface area contributed by atoms with E-state index in [-0.39, 0.29) is 17.7 Å². The van der Waals surface area contributed by atoms with E-state index >= 15 is 0 Å². The normalized spacial score (nSPS) is 12.2. The number of hydrogen-bond donors (Lipinski definition) is 1. The van der Waals surface area contributed by atoms with E-state index in [0.29, 0.717) is 4.47 Å². The van der Waals surface area contributed by atoms with E-state index in [0.717, 1.165) is 11.3 Å². The van der Waals surface area contributed by atoms with Gasteiger partial charge in [-0.15, -0.1) is 0 Å². The Labute approximate surface area is 113 Å². The zero-order valence-corrected chi connectivity index (χ0v) is 11.3. The number of anilines is 1. The van der Waals surface area contributed by atoms with E-state index in [4.69, 9.17) is 0 Å². The van der Waals surface area contributed by atoms with Gasteiger partial charge in [-0.3, -0.25) is 0 Å². The lowest BCUT2D eigenvalue weighted by atomic mass is 10.1. The lowest BCUT2D eigenvalue weighted by molar-refractivity contribution is 0.623. The van der Waals surface area contributed by atoms with E-state index < -0.39 is 0 Å². The van der Waals surface area contributed by atoms with Gasteiger partial charge < -0.3 is 5.32 Å². The van der Waals surface area contributed by atoms with Crippen LogP contribution in [0.5, 0.6) is 0 Å². The average molecular weight is 312 g/mol. The molecular weight excluding hydrogens is 300 g/mol. The van der Waals surface area contributed by atoms with Crippen LogP contribution in [0, 0.1) is 11.6 Å². The predicted molar refractivity (Wildman–Crippen MR) is 72.5 cm³/mol. The number of hydrogen-bond acceptors (Lipinski definition) is 1. The Morgan fingerprint density at radius 1 is 1.06 bits per heavy atom. The topological polar surface area (TPSA) is 12.0 Å². The maximum Gasteiger partial charge on any atom is 0.124 e. The lowest BCUT2D eigenvalue weighted by Gasteiger charge is -2.17. The molecule has 1 atom stereocenters. The predicted octanol–water partition coefficient (Wildman–Crippen LogP) is 4.90. The minimum Gasteiger partial charge on any atom is -0.378 e. The zero-order chi connectivity index (χ0) is 13.1. The molecule has 2 aromatic carbocycles. The monoisotopic (exact) mass is 311 g/mol. The maximum atomic E-state index is 13.1. The molecule has 2 aromatic rings. The van der Waals surface area contributed by atoms with Gasteiger partial charge in [-0.05, 0) is 58.7 Å². The molecule has 1 N–H and O–H groups in total. The van der Waals surface area contributed by atoms with Crippen molar-refractivity contribution < 1.29 is 8.78 Å². The van der Waals surface area contributed by atoms with Gasteiger partial charge in [-0.2, -0.15) is 0 Å². The van der Waals surface area contributed by atoms with Crippen molar-refractivity contribution in [1.82, 2.24) is 0 Å². The first-order valence-corrected chi connectivity index (χ1v) is 6.32. The van der Waals surface area contributed by atoms with Crippen LogP contribution < -0.4 is 5.32 Å². The van der Waals surface area contributed by atoms with Crippen LogP contribution in [0.15, 0.2) is 46.9 Å². The van der Waals surface area contributed by atoms with E-state index in [1.54, 1.807) is 12.1 Å². The minimum absolute atomic E-state index is 0.0672. The molecule has 0 saturated heterocycles. The molecule has 1 unspecified atom stereocenters. The van der Waals surface area contributed by atoms with Crippen molar-refractivity contribution >= 4 is 21.6 Å². The highest BCUT2D eigenvalue weighted by Crippen LogP contribution is 2.27. The van der Waals surface area contributed by atoms with Crippen LogP contribution in [-0.4, -0.2) is 0 Å². The molecule has 0 aliphatic heterocycles. The fourth-order valence-electron chi connectivity index (χ4n) is 1.70. The Hall–Kier alpha value is -1.42. The molecule has 0 heterocycles. The molecule has 4 heteroatoms. The standard InChI is InChI=1S/C14H12BrF2N/c1-9(10-3-2-4-11(16)7-10)18-14-6-5-12(17)8-13(14)15/h2-9,18H,1H3. The van der Waals surface area contributed by atoms with Crippen molar-refractivity contribution in [2.45, 2.75) is 13.0 Å². The summed E-state index contributed by atoms with van der Waals surface area (Å²) < 4.78 is 26.7. The van der Waals surface area contributed by atoms with Crippen LogP contribution in [0.1, 0.15) is 18.5 Å². The Balaban J connectivity index is 2.18. The largest absolute Gasteiger partial charge is 0.378 e. The van der Waals surface area contributed by atoms with Gasteiger partial charge in [-0.1, -0.05) is 12.1 Å². The highest BCUT2D eigenvalue weighted by atomic mass is 79.9. The van der Waals surface area contributed by atoms with Gasteiger partial charge in [-0.25, -0.2) is 8.78 Å². The second-order valence-electron chi connectivity index (χ2n) is 4.05. The van der Waals surface area contributed by atoms with Gasteiger partial charge in [0.25, 0.3) is 0 Å². The molecule has 0 amide bonds. The molecule has 94 valence electrons. The van der Waals surface area contributed by atoms with Crippen LogP contribution in [0.25, 0.3) is 0 Å². The molecule has 2 rings (SSSR count). The SMILES string of the molecule is CC(Nc1ccc(F)cc1Br)c1cccc(F)c1. The van der Waals surface area contributed by atoms with Gasteiger partial charge in [0, 0.05) is 16.2 Å². The molecule has 0 spiro atoms. The number of rotatable bonds is 3. The summed E-state index contributed by atoms with van der Waals surface area (Å²) in [5.41, 5.74) is 1.61. The first kappa shape index (κ1) is 13.0. The lowest BCUT2D eigenvalue weighted by Crippen LogP contribution is -2.07. The summed E-state index contributed by atoms with van der Waals surface area (Å²) in [5.74, 6) is -0.565. The summed E-state index contributed by atoms with van der Waals surface area (Å²) in [5, 5.41) is 3.20. The van der Waals surface area contributed by atoms with Crippen LogP contribution in [0.3, 0.4) is 0 Å². The van der Waals surface area contributed by atoms with Gasteiger partial charge in [0.05, 0.1) is 0 Å². The van der Waals surface area contributed by atoms with Crippen LogP contribution in [-0.2, 0) is 0 Å². The summed E-state index contributed by atoms with van der Waals surface area (Å²) in [6.07, 6.45) is 0. The molecule has 0 aromatic heterocycles. The van der Waals surface area contributed by atoms with Crippen molar-refractivity contribution in [1.29, 1.82) is 0 Å². The number of nitrogens with one attached hydrogen (secondary N) is 1. The van der Waals surface area contributed by atoms with Crippen LogP contribution in [0.4, 0.5) is 14.5 Å². The van der Waals surface area contributed by atoms with Gasteiger partial charge in [0.15, 0.2) is 0 Å². The van der Waals surface area contributed by atoms with Crippen molar-refractivity contribution in [3.8, 4) is 0 Å². The Kier molecular flexibility index (Phi) is 3.97. The van der Waals surface area contributed by atoms with Crippen molar-refractivity contribution in [2.75, 3.05) is 5.32 Å².